The highest BCUT2D eigenvalue weighted by molar-refractivity contribution is 7.99. The fourth-order valence-electron chi connectivity index (χ4n) is 4.64. The van der Waals surface area contributed by atoms with Gasteiger partial charge in [0.25, 0.3) is 5.56 Å². The molecule has 6 nitrogen and oxygen atoms in total. The van der Waals surface area contributed by atoms with Gasteiger partial charge in [0.15, 0.2) is 0 Å². The monoisotopic (exact) mass is 365 g/mol. The van der Waals surface area contributed by atoms with Gasteiger partial charge in [-0.25, -0.2) is 4.68 Å². The van der Waals surface area contributed by atoms with Gasteiger partial charge in [0.05, 0.1) is 16.8 Å². The smallest absolute Gasteiger partial charge is 0.325 e. The van der Waals surface area contributed by atoms with E-state index in [1.54, 1.807) is 6.20 Å². The summed E-state index contributed by atoms with van der Waals surface area (Å²) in [5.41, 5.74) is 0.838. The number of aliphatic carboxylic acids is 1. The summed E-state index contributed by atoms with van der Waals surface area (Å²) in [7, 11) is 0. The fourth-order valence-corrected chi connectivity index (χ4v) is 5.42. The molecule has 1 heterocycles. The lowest BCUT2D eigenvalue weighted by Crippen LogP contribution is -2.58. The van der Waals surface area contributed by atoms with E-state index >= 15 is 0 Å². The predicted octanol–water partition coefficient (Wildman–Crippen LogP) is 2.92. The Kier molecular flexibility index (Phi) is 4.88. The second kappa shape index (κ2) is 6.67. The van der Waals surface area contributed by atoms with Gasteiger partial charge in [0, 0.05) is 6.04 Å². The molecule has 0 amide bonds. The first kappa shape index (κ1) is 18.3. The summed E-state index contributed by atoms with van der Waals surface area (Å²) in [6.45, 7) is 8.60. The molecule has 4 atom stereocenters. The Morgan fingerprint density at radius 3 is 2.76 bits per heavy atom. The summed E-state index contributed by atoms with van der Waals surface area (Å²) in [5, 5.41) is 16.6. The Morgan fingerprint density at radius 1 is 1.48 bits per heavy atom. The molecule has 0 saturated heterocycles. The first-order valence-corrected chi connectivity index (χ1v) is 9.95. The van der Waals surface area contributed by atoms with Gasteiger partial charge in [-0.2, -0.15) is 5.10 Å². The van der Waals surface area contributed by atoms with Crippen LogP contribution >= 0.6 is 11.8 Å². The predicted molar refractivity (Wildman–Crippen MR) is 99.1 cm³/mol. The van der Waals surface area contributed by atoms with Gasteiger partial charge < -0.3 is 10.4 Å². The minimum Gasteiger partial charge on any atom is -0.480 e. The Morgan fingerprint density at radius 2 is 2.20 bits per heavy atom. The van der Waals surface area contributed by atoms with Gasteiger partial charge >= 0.3 is 5.97 Å². The summed E-state index contributed by atoms with van der Waals surface area (Å²) >= 11 is 1.44. The van der Waals surface area contributed by atoms with Gasteiger partial charge in [-0.05, 0) is 41.8 Å². The molecular weight excluding hydrogens is 338 g/mol. The van der Waals surface area contributed by atoms with Crippen LogP contribution in [0.25, 0.3) is 0 Å². The van der Waals surface area contributed by atoms with E-state index in [0.717, 1.165) is 28.5 Å². The van der Waals surface area contributed by atoms with E-state index in [2.05, 4.69) is 31.2 Å². The number of thioether (sulfide) groups is 1. The second-order valence-electron chi connectivity index (χ2n) is 7.88. The van der Waals surface area contributed by atoms with Crippen molar-refractivity contribution in [3.63, 3.8) is 0 Å². The molecule has 3 aliphatic carbocycles. The number of nitrogens with one attached hydrogen (secondary N) is 1. The van der Waals surface area contributed by atoms with Crippen LogP contribution in [0, 0.1) is 23.2 Å². The van der Waals surface area contributed by atoms with Crippen molar-refractivity contribution in [3.8, 4) is 0 Å². The molecule has 2 bridgehead atoms. The molecule has 138 valence electrons. The standard InChI is InChI=1S/C18H27N3O3S/c1-5-25-16-14(8-19-21(17(16)24)9-15(22)23)20-13-7-11-6-12(10(13)2)18(11,3)4/h8,10-13,20H,5-7,9H2,1-4H3,(H,22,23)/t10-,11+,12-,13-/m1/s1. The summed E-state index contributed by atoms with van der Waals surface area (Å²) < 4.78 is 1.02. The Labute approximate surface area is 152 Å². The molecule has 0 aliphatic heterocycles. The van der Waals surface area contributed by atoms with Crippen LogP contribution in [0.5, 0.6) is 0 Å². The number of hydrogen-bond acceptors (Lipinski definition) is 5. The van der Waals surface area contributed by atoms with Crippen molar-refractivity contribution in [2.24, 2.45) is 23.2 Å². The third kappa shape index (κ3) is 3.18. The first-order valence-electron chi connectivity index (χ1n) is 8.97. The molecule has 0 spiro atoms. The summed E-state index contributed by atoms with van der Waals surface area (Å²) in [5.74, 6) is 1.67. The van der Waals surface area contributed by atoms with Crippen LogP contribution < -0.4 is 10.9 Å². The maximum atomic E-state index is 12.6. The molecule has 3 saturated carbocycles. The van der Waals surface area contributed by atoms with E-state index in [-0.39, 0.29) is 5.56 Å². The molecule has 4 rings (SSSR count). The maximum absolute atomic E-state index is 12.6. The number of anilines is 1. The van der Waals surface area contributed by atoms with E-state index in [4.69, 9.17) is 5.11 Å². The average molecular weight is 365 g/mol. The molecule has 25 heavy (non-hydrogen) atoms. The minimum atomic E-state index is -1.06. The lowest BCUT2D eigenvalue weighted by molar-refractivity contribution is -0.138. The SMILES string of the molecule is CCSc1c(N[C@@H]2C[C@@H]3C[C@H]([C@H]2C)C3(C)C)cnn(CC(=O)O)c1=O. The van der Waals surface area contributed by atoms with Crippen molar-refractivity contribution in [1.29, 1.82) is 0 Å². The highest BCUT2D eigenvalue weighted by atomic mass is 32.2. The highest BCUT2D eigenvalue weighted by Crippen LogP contribution is 2.61. The number of hydrogen-bond donors (Lipinski definition) is 2. The number of carboxylic acids is 1. The number of nitrogens with zero attached hydrogens (tertiary/aromatic N) is 2. The zero-order chi connectivity index (χ0) is 18.4. The number of carbonyl (C=O) groups is 1. The van der Waals surface area contributed by atoms with Crippen LogP contribution in [0.2, 0.25) is 0 Å². The van der Waals surface area contributed by atoms with Crippen LogP contribution in [0.1, 0.15) is 40.5 Å². The average Bonchev–Trinajstić information content (AvgIpc) is 2.54. The third-order valence-electron chi connectivity index (χ3n) is 6.27. The molecule has 3 aliphatic rings. The molecule has 0 radical (unpaired) electrons. The molecular formula is C18H27N3O3S. The second-order valence-corrected chi connectivity index (χ2v) is 9.16. The Bertz CT molecular complexity index is 731. The van der Waals surface area contributed by atoms with E-state index < -0.39 is 12.5 Å². The molecule has 3 fully saturated rings. The van der Waals surface area contributed by atoms with Crippen LogP contribution in [-0.4, -0.2) is 32.7 Å². The third-order valence-corrected chi connectivity index (χ3v) is 7.24. The van der Waals surface area contributed by atoms with Gasteiger partial charge in [-0.1, -0.05) is 27.7 Å². The number of aromatic nitrogens is 2. The van der Waals surface area contributed by atoms with Crippen molar-refractivity contribution in [3.05, 3.63) is 16.6 Å². The molecule has 7 heteroatoms. The summed E-state index contributed by atoms with van der Waals surface area (Å²) in [4.78, 5) is 24.1. The zero-order valence-electron chi connectivity index (χ0n) is 15.3. The topological polar surface area (TPSA) is 84.2 Å². The van der Waals surface area contributed by atoms with Crippen molar-refractivity contribution >= 4 is 23.4 Å². The van der Waals surface area contributed by atoms with Crippen molar-refractivity contribution in [1.82, 2.24) is 9.78 Å². The van der Waals surface area contributed by atoms with Gasteiger partial charge in [0.2, 0.25) is 0 Å². The fraction of sp³-hybridized carbons (Fsp3) is 0.722. The van der Waals surface area contributed by atoms with E-state index in [1.807, 2.05) is 6.92 Å². The van der Waals surface area contributed by atoms with Crippen molar-refractivity contribution in [2.75, 3.05) is 11.1 Å². The van der Waals surface area contributed by atoms with Gasteiger partial charge in [0.1, 0.15) is 6.54 Å². The van der Waals surface area contributed by atoms with E-state index in [0.29, 0.717) is 28.2 Å². The first-order chi connectivity index (χ1) is 11.8. The summed E-state index contributed by atoms with van der Waals surface area (Å²) in [6, 6.07) is 0.338. The zero-order valence-corrected chi connectivity index (χ0v) is 16.1. The number of rotatable bonds is 6. The van der Waals surface area contributed by atoms with Crippen LogP contribution in [0.15, 0.2) is 15.9 Å². The van der Waals surface area contributed by atoms with Crippen molar-refractivity contribution < 1.29 is 9.90 Å². The van der Waals surface area contributed by atoms with Gasteiger partial charge in [-0.3, -0.25) is 9.59 Å². The van der Waals surface area contributed by atoms with Crippen LogP contribution in [0.3, 0.4) is 0 Å². The number of fused-ring (bicyclic) bond motifs is 2. The molecule has 0 unspecified atom stereocenters. The molecule has 2 N–H and O–H groups in total. The Hall–Kier alpha value is -1.50. The van der Waals surface area contributed by atoms with Gasteiger partial charge in [-0.15, -0.1) is 11.8 Å². The Balaban J connectivity index is 1.84. The molecule has 1 aromatic rings. The van der Waals surface area contributed by atoms with Crippen LogP contribution in [-0.2, 0) is 11.3 Å². The van der Waals surface area contributed by atoms with E-state index in [9.17, 15) is 9.59 Å². The normalized spacial score (nSPS) is 29.8. The lowest BCUT2D eigenvalue weighted by Gasteiger charge is -2.62. The van der Waals surface area contributed by atoms with E-state index in [1.165, 1.54) is 18.2 Å². The lowest BCUT2D eigenvalue weighted by atomic mass is 9.45. The summed E-state index contributed by atoms with van der Waals surface area (Å²) in [6.07, 6.45) is 4.03. The van der Waals surface area contributed by atoms with Crippen molar-refractivity contribution in [2.45, 2.75) is 58.0 Å². The number of carboxylic acid groups (broad SMARTS) is 1. The molecule has 0 aromatic carbocycles. The largest absolute Gasteiger partial charge is 0.480 e. The molecule has 1 aromatic heterocycles. The minimum absolute atomic E-state index is 0.326. The quantitative estimate of drug-likeness (QED) is 0.754. The highest BCUT2D eigenvalue weighted by Gasteiger charge is 2.56. The maximum Gasteiger partial charge on any atom is 0.325 e. The van der Waals surface area contributed by atoms with Crippen LogP contribution in [0.4, 0.5) is 5.69 Å².